The average molecular weight is 659 g/mol. The quantitative estimate of drug-likeness (QED) is 0.0349. The van der Waals surface area contributed by atoms with Crippen molar-refractivity contribution in [3.05, 3.63) is 54.4 Å². The lowest BCUT2D eigenvalue weighted by Crippen LogP contribution is -2.33. The molecule has 0 bridgehead atoms. The molecule has 1 aromatic heterocycles. The minimum absolute atomic E-state index is 0.0886. The Labute approximate surface area is 234 Å². The molecule has 1 aromatic rings. The minimum Gasteiger partial charge on any atom is -0.455 e. The van der Waals surface area contributed by atoms with E-state index in [4.69, 9.17) is 24.8 Å². The first kappa shape index (κ1) is 35.1. The Balaban J connectivity index is 2.39. The third kappa shape index (κ3) is 10.3. The number of H-pyrrole nitrogens is 1. The number of aromatic nitrogens is 2. The van der Waals surface area contributed by atoms with Crippen LogP contribution >= 0.6 is 23.5 Å². The molecule has 2 rings (SSSR count). The summed E-state index contributed by atoms with van der Waals surface area (Å²) in [4.78, 5) is 85.6. The van der Waals surface area contributed by atoms with Gasteiger partial charge in [-0.2, -0.15) is 8.62 Å². The molecular formula is C17H24N7O15P3. The van der Waals surface area contributed by atoms with E-state index < -0.39 is 78.0 Å². The van der Waals surface area contributed by atoms with Crippen LogP contribution in [-0.4, -0.2) is 73.4 Å². The lowest BCUT2D eigenvalue weighted by atomic mass is 10.2. The highest BCUT2D eigenvalue weighted by molar-refractivity contribution is 7.66. The van der Waals surface area contributed by atoms with Gasteiger partial charge in [-0.1, -0.05) is 5.11 Å². The SMILES string of the molecule is C=N/C(CN=[N+]=[N-])=C(\N=C/C)C(=O)OC1C[C@H](n2cc(C)c(=O)[nH]c2=O)O[C@@H]1COP(=O)(O)OP(=O)(O)OP(=O)(O)O. The van der Waals surface area contributed by atoms with Crippen LogP contribution in [-0.2, 0) is 41.1 Å². The van der Waals surface area contributed by atoms with Crippen LogP contribution in [0.3, 0.4) is 0 Å². The number of hydrogen-bond acceptors (Lipinski definition) is 14. The summed E-state index contributed by atoms with van der Waals surface area (Å²) in [6.45, 7) is 4.59. The number of carbonyl (C=O) groups is 1. The molecule has 22 nitrogen and oxygen atoms in total. The number of phosphoric ester groups is 1. The maximum Gasteiger partial charge on any atom is 0.490 e. The molecule has 232 valence electrons. The van der Waals surface area contributed by atoms with Crippen molar-refractivity contribution < 1.29 is 60.7 Å². The number of nitrogens with zero attached hydrogens (tertiary/aromatic N) is 6. The van der Waals surface area contributed by atoms with Crippen LogP contribution in [0.15, 0.2) is 42.3 Å². The fourth-order valence-corrected chi connectivity index (χ4v) is 6.31. The van der Waals surface area contributed by atoms with Crippen molar-refractivity contribution in [1.82, 2.24) is 9.55 Å². The van der Waals surface area contributed by atoms with Gasteiger partial charge in [0.2, 0.25) is 0 Å². The second-order valence-corrected chi connectivity index (χ2v) is 12.3. The van der Waals surface area contributed by atoms with Crippen molar-refractivity contribution in [2.24, 2.45) is 15.1 Å². The number of esters is 1. The largest absolute Gasteiger partial charge is 0.490 e. The third-order valence-electron chi connectivity index (χ3n) is 4.91. The summed E-state index contributed by atoms with van der Waals surface area (Å²) >= 11 is 0. The van der Waals surface area contributed by atoms with Crippen molar-refractivity contribution in [2.45, 2.75) is 38.7 Å². The number of ether oxygens (including phenoxy) is 2. The molecule has 0 amide bonds. The molecule has 0 radical (unpaired) electrons. The van der Waals surface area contributed by atoms with Crippen LogP contribution in [0.1, 0.15) is 25.1 Å². The number of nitrogens with one attached hydrogen (secondary N) is 1. The van der Waals surface area contributed by atoms with Gasteiger partial charge in [0.15, 0.2) is 5.70 Å². The van der Waals surface area contributed by atoms with E-state index in [1.54, 1.807) is 0 Å². The number of rotatable bonds is 14. The molecule has 5 N–H and O–H groups in total. The Morgan fingerprint density at radius 1 is 1.26 bits per heavy atom. The minimum atomic E-state index is -5.84. The maximum absolute atomic E-state index is 13.0. The molecule has 0 spiro atoms. The zero-order valence-corrected chi connectivity index (χ0v) is 24.2. The van der Waals surface area contributed by atoms with Gasteiger partial charge in [-0.3, -0.25) is 28.9 Å². The number of aliphatic imine (C=N–C) groups is 2. The van der Waals surface area contributed by atoms with Crippen molar-refractivity contribution in [3.63, 3.8) is 0 Å². The maximum atomic E-state index is 13.0. The van der Waals surface area contributed by atoms with E-state index in [-0.39, 0.29) is 17.7 Å². The lowest BCUT2D eigenvalue weighted by Gasteiger charge is -2.21. The van der Waals surface area contributed by atoms with Crippen molar-refractivity contribution in [1.29, 1.82) is 0 Å². The van der Waals surface area contributed by atoms with Crippen molar-refractivity contribution in [3.8, 4) is 0 Å². The Kier molecular flexibility index (Phi) is 12.0. The van der Waals surface area contributed by atoms with Gasteiger partial charge in [0, 0.05) is 29.3 Å². The summed E-state index contributed by atoms with van der Waals surface area (Å²) in [5.74, 6) is -1.17. The van der Waals surface area contributed by atoms with Crippen LogP contribution in [0.5, 0.6) is 0 Å². The van der Waals surface area contributed by atoms with Crippen molar-refractivity contribution in [2.75, 3.05) is 13.2 Å². The molecule has 1 aliphatic heterocycles. The average Bonchev–Trinajstić information content (AvgIpc) is 3.24. The van der Waals surface area contributed by atoms with Crippen LogP contribution in [0.4, 0.5) is 0 Å². The monoisotopic (exact) mass is 659 g/mol. The number of phosphoric acid groups is 3. The molecule has 0 aromatic carbocycles. The van der Waals surface area contributed by atoms with Crippen LogP contribution in [0.25, 0.3) is 10.4 Å². The molecule has 0 aliphatic carbocycles. The van der Waals surface area contributed by atoms with Crippen LogP contribution in [0, 0.1) is 6.92 Å². The summed E-state index contributed by atoms with van der Waals surface area (Å²) in [7, 11) is -17.1. The Morgan fingerprint density at radius 3 is 2.50 bits per heavy atom. The number of carbonyl (C=O) groups excluding carboxylic acids is 1. The summed E-state index contributed by atoms with van der Waals surface area (Å²) in [6.07, 6.45) is -2.24. The Bertz CT molecular complexity index is 1570. The van der Waals surface area contributed by atoms with Gasteiger partial charge in [-0.15, -0.1) is 0 Å². The zero-order valence-electron chi connectivity index (χ0n) is 21.5. The number of aromatic amines is 1. The predicted octanol–water partition coefficient (Wildman–Crippen LogP) is 0.701. The van der Waals surface area contributed by atoms with E-state index in [1.165, 1.54) is 20.1 Å². The van der Waals surface area contributed by atoms with Gasteiger partial charge < -0.3 is 29.0 Å². The topological polar surface area (TPSA) is 324 Å². The van der Waals surface area contributed by atoms with Gasteiger partial charge >= 0.3 is 35.1 Å². The van der Waals surface area contributed by atoms with Gasteiger partial charge in [0.25, 0.3) is 5.56 Å². The number of aryl methyl sites for hydroxylation is 1. The standard InChI is InChI=1S/C17H24N7O15P3/c1-4-20-14(10(19-3)6-21-23-18)16(26)37-11-5-13(24-7-9(2)15(25)22-17(24)27)36-12(11)8-35-41(31,32)39-42(33,34)38-40(28,29)30/h4,7,11-13H,3,5-6,8H2,1-2H3,(H,31,32)(H,33,34)(H,22,25,27)(H2,28,29,30)/b14-10-,20-4-/t11?,12-,13-/m1/s1. The molecule has 1 fully saturated rings. The summed E-state index contributed by atoms with van der Waals surface area (Å²) in [5.41, 5.74) is 6.40. The van der Waals surface area contributed by atoms with Gasteiger partial charge in [-0.05, 0) is 26.1 Å². The molecule has 1 aliphatic rings. The highest BCUT2D eigenvalue weighted by Gasteiger charge is 2.44. The Morgan fingerprint density at radius 2 is 1.93 bits per heavy atom. The van der Waals surface area contributed by atoms with E-state index >= 15 is 0 Å². The molecule has 3 unspecified atom stereocenters. The van der Waals surface area contributed by atoms with Crippen LogP contribution in [0.2, 0.25) is 0 Å². The van der Waals surface area contributed by atoms with E-state index in [2.05, 4.69) is 39.9 Å². The first-order valence-electron chi connectivity index (χ1n) is 11.1. The van der Waals surface area contributed by atoms with E-state index in [1.807, 2.05) is 4.98 Å². The molecule has 0 saturated carbocycles. The highest BCUT2D eigenvalue weighted by Crippen LogP contribution is 2.66. The molecule has 1 saturated heterocycles. The summed E-state index contributed by atoms with van der Waals surface area (Å²) in [5, 5.41) is 3.28. The van der Waals surface area contributed by atoms with E-state index in [0.29, 0.717) is 0 Å². The fourth-order valence-electron chi connectivity index (χ4n) is 3.28. The van der Waals surface area contributed by atoms with Gasteiger partial charge in [0.1, 0.15) is 18.4 Å². The predicted molar refractivity (Wildman–Crippen MR) is 139 cm³/mol. The molecule has 5 atom stereocenters. The first-order valence-corrected chi connectivity index (χ1v) is 15.6. The molecular weight excluding hydrogens is 635 g/mol. The zero-order chi connectivity index (χ0) is 31.9. The smallest absolute Gasteiger partial charge is 0.455 e. The normalized spacial score (nSPS) is 22.5. The third-order valence-corrected chi connectivity index (χ3v) is 8.71. The lowest BCUT2D eigenvalue weighted by molar-refractivity contribution is -0.148. The second kappa shape index (κ2) is 14.4. The Hall–Kier alpha value is -3.09. The number of hydrogen-bond donors (Lipinski definition) is 5. The van der Waals surface area contributed by atoms with Crippen molar-refractivity contribution >= 4 is 42.4 Å². The van der Waals surface area contributed by atoms with Gasteiger partial charge in [0.05, 0.1) is 18.8 Å². The molecule has 42 heavy (non-hydrogen) atoms. The molecule has 25 heteroatoms. The second-order valence-electron chi connectivity index (χ2n) is 7.90. The summed E-state index contributed by atoms with van der Waals surface area (Å²) in [6, 6.07) is 0. The van der Waals surface area contributed by atoms with E-state index in [0.717, 1.165) is 10.8 Å². The highest BCUT2D eigenvalue weighted by atomic mass is 31.3. The number of azide groups is 1. The fraction of sp³-hybridized carbons (Fsp3) is 0.471. The van der Waals surface area contributed by atoms with Gasteiger partial charge in [-0.25, -0.2) is 23.3 Å². The summed E-state index contributed by atoms with van der Waals surface area (Å²) < 4.78 is 58.5. The molecule has 2 heterocycles. The van der Waals surface area contributed by atoms with E-state index in [9.17, 15) is 37.9 Å². The first-order chi connectivity index (χ1) is 19.4. The van der Waals surface area contributed by atoms with Crippen LogP contribution < -0.4 is 11.2 Å².